The van der Waals surface area contributed by atoms with Crippen LogP contribution in [0.5, 0.6) is 0 Å². The van der Waals surface area contributed by atoms with Crippen LogP contribution in [-0.2, 0) is 22.4 Å². The van der Waals surface area contributed by atoms with Crippen LogP contribution in [0.1, 0.15) is 18.2 Å². The minimum Gasteiger partial charge on any atom is -0.468 e. The summed E-state index contributed by atoms with van der Waals surface area (Å²) in [5.74, 6) is 0.262. The van der Waals surface area contributed by atoms with E-state index in [1.807, 2.05) is 18.2 Å². The number of fused-ring (bicyclic) bond motifs is 1. The van der Waals surface area contributed by atoms with E-state index in [-0.39, 0.29) is 0 Å². The number of rotatable bonds is 4. The van der Waals surface area contributed by atoms with Crippen LogP contribution < -0.4 is 5.73 Å². The second kappa shape index (κ2) is 5.75. The average Bonchev–Trinajstić information content (AvgIpc) is 2.78. The lowest BCUT2D eigenvalue weighted by Gasteiger charge is -2.06. The van der Waals surface area contributed by atoms with Crippen molar-refractivity contribution in [1.82, 2.24) is 0 Å². The van der Waals surface area contributed by atoms with Crippen molar-refractivity contribution in [2.24, 2.45) is 5.73 Å². The largest absolute Gasteiger partial charge is 0.468 e. The number of carbonyl (C=O) groups is 1. The van der Waals surface area contributed by atoms with Gasteiger partial charge in [0.25, 0.3) is 0 Å². The topological polar surface area (TPSA) is 65.5 Å². The molecule has 0 spiro atoms. The van der Waals surface area contributed by atoms with Crippen LogP contribution in [0.3, 0.4) is 0 Å². The number of nitrogens with two attached hydrogens (primary N) is 1. The second-order valence-corrected chi connectivity index (χ2v) is 5.30. The standard InChI is InChI=1S/C14H16BrNO3/c1-3-8-4-10(15)5-9-6-11(19-13(8)9)7-12(16)14(17)18-2/h4-6,12H,3,7,16H2,1-2H3. The molecular weight excluding hydrogens is 310 g/mol. The van der Waals surface area contributed by atoms with Crippen LogP contribution in [0.15, 0.2) is 27.1 Å². The maximum absolute atomic E-state index is 11.3. The second-order valence-electron chi connectivity index (χ2n) is 4.38. The molecule has 1 atom stereocenters. The third kappa shape index (κ3) is 2.98. The minimum atomic E-state index is -0.695. The molecule has 2 aromatic rings. The number of hydrogen-bond donors (Lipinski definition) is 1. The highest BCUT2D eigenvalue weighted by atomic mass is 79.9. The zero-order chi connectivity index (χ0) is 14.0. The highest BCUT2D eigenvalue weighted by molar-refractivity contribution is 9.10. The predicted molar refractivity (Wildman–Crippen MR) is 77.0 cm³/mol. The average molecular weight is 326 g/mol. The van der Waals surface area contributed by atoms with Gasteiger partial charge in [-0.05, 0) is 30.2 Å². The van der Waals surface area contributed by atoms with Gasteiger partial charge in [0.15, 0.2) is 0 Å². The Hall–Kier alpha value is -1.33. The van der Waals surface area contributed by atoms with E-state index in [0.29, 0.717) is 12.2 Å². The lowest BCUT2D eigenvalue weighted by atomic mass is 10.1. The molecule has 0 saturated carbocycles. The fourth-order valence-corrected chi connectivity index (χ4v) is 2.58. The molecule has 1 aromatic heterocycles. The number of ether oxygens (including phenoxy) is 1. The molecule has 102 valence electrons. The van der Waals surface area contributed by atoms with Gasteiger partial charge in [-0.15, -0.1) is 0 Å². The molecule has 0 aliphatic carbocycles. The van der Waals surface area contributed by atoms with Gasteiger partial charge in [0.2, 0.25) is 0 Å². The molecule has 5 heteroatoms. The van der Waals surface area contributed by atoms with E-state index in [9.17, 15) is 4.79 Å². The van der Waals surface area contributed by atoms with Crippen molar-refractivity contribution in [2.45, 2.75) is 25.8 Å². The first-order valence-electron chi connectivity index (χ1n) is 6.09. The third-order valence-corrected chi connectivity index (χ3v) is 3.47. The number of methoxy groups -OCH3 is 1. The van der Waals surface area contributed by atoms with Crippen molar-refractivity contribution in [3.8, 4) is 0 Å². The van der Waals surface area contributed by atoms with Gasteiger partial charge in [-0.3, -0.25) is 4.79 Å². The van der Waals surface area contributed by atoms with Crippen molar-refractivity contribution in [1.29, 1.82) is 0 Å². The molecule has 4 nitrogen and oxygen atoms in total. The predicted octanol–water partition coefficient (Wildman–Crippen LogP) is 2.80. The maximum atomic E-state index is 11.3. The summed E-state index contributed by atoms with van der Waals surface area (Å²) in [6, 6.07) is 5.25. The molecule has 0 aliphatic rings. The molecule has 0 aliphatic heterocycles. The summed E-state index contributed by atoms with van der Waals surface area (Å²) < 4.78 is 11.4. The summed E-state index contributed by atoms with van der Waals surface area (Å²) in [6.07, 6.45) is 1.22. The lowest BCUT2D eigenvalue weighted by Crippen LogP contribution is -2.33. The molecule has 0 amide bonds. The van der Waals surface area contributed by atoms with Gasteiger partial charge in [0.05, 0.1) is 7.11 Å². The number of hydrogen-bond acceptors (Lipinski definition) is 4. The van der Waals surface area contributed by atoms with Gasteiger partial charge in [-0.25, -0.2) is 0 Å². The van der Waals surface area contributed by atoms with E-state index in [1.54, 1.807) is 0 Å². The molecule has 0 bridgehead atoms. The van der Waals surface area contributed by atoms with Crippen molar-refractivity contribution in [3.63, 3.8) is 0 Å². The molecule has 0 fully saturated rings. The number of furan rings is 1. The molecule has 0 saturated heterocycles. The molecule has 1 unspecified atom stereocenters. The van der Waals surface area contributed by atoms with Crippen LogP contribution in [0.25, 0.3) is 11.0 Å². The number of carbonyl (C=O) groups excluding carboxylic acids is 1. The van der Waals surface area contributed by atoms with Crippen molar-refractivity contribution in [3.05, 3.63) is 34.0 Å². The fraction of sp³-hybridized carbons (Fsp3) is 0.357. The number of aryl methyl sites for hydroxylation is 1. The normalized spacial score (nSPS) is 12.6. The number of benzene rings is 1. The van der Waals surface area contributed by atoms with Crippen molar-refractivity contribution < 1.29 is 13.9 Å². The fourth-order valence-electron chi connectivity index (χ4n) is 2.05. The van der Waals surface area contributed by atoms with E-state index in [2.05, 4.69) is 27.6 Å². The molecule has 1 aromatic carbocycles. The first-order valence-corrected chi connectivity index (χ1v) is 6.88. The van der Waals surface area contributed by atoms with E-state index >= 15 is 0 Å². The van der Waals surface area contributed by atoms with Gasteiger partial charge in [0, 0.05) is 16.3 Å². The molecular formula is C14H16BrNO3. The Morgan fingerprint density at radius 1 is 1.47 bits per heavy atom. The smallest absolute Gasteiger partial charge is 0.323 e. The van der Waals surface area contributed by atoms with Crippen molar-refractivity contribution in [2.75, 3.05) is 7.11 Å². The van der Waals surface area contributed by atoms with Crippen molar-refractivity contribution >= 4 is 32.9 Å². The summed E-state index contributed by atoms with van der Waals surface area (Å²) in [6.45, 7) is 2.07. The van der Waals surface area contributed by atoms with Crippen LogP contribution in [0.4, 0.5) is 0 Å². The summed E-state index contributed by atoms with van der Waals surface area (Å²) in [4.78, 5) is 11.3. The molecule has 2 N–H and O–H groups in total. The third-order valence-electron chi connectivity index (χ3n) is 3.01. The quantitative estimate of drug-likeness (QED) is 0.878. The first kappa shape index (κ1) is 14.1. The highest BCUT2D eigenvalue weighted by Crippen LogP contribution is 2.28. The Kier molecular flexibility index (Phi) is 4.27. The molecule has 0 radical (unpaired) electrons. The Balaban J connectivity index is 2.34. The highest BCUT2D eigenvalue weighted by Gasteiger charge is 2.17. The zero-order valence-corrected chi connectivity index (χ0v) is 12.5. The number of halogens is 1. The van der Waals surface area contributed by atoms with Crippen LogP contribution in [0.2, 0.25) is 0 Å². The Labute approximate surface area is 120 Å². The van der Waals surface area contributed by atoms with Gasteiger partial charge < -0.3 is 14.9 Å². The monoisotopic (exact) mass is 325 g/mol. The first-order chi connectivity index (χ1) is 9.05. The molecule has 2 rings (SSSR count). The number of esters is 1. The summed E-state index contributed by atoms with van der Waals surface area (Å²) in [5.41, 5.74) is 7.72. The Bertz CT molecular complexity index is 606. The Morgan fingerprint density at radius 2 is 2.21 bits per heavy atom. The van der Waals surface area contributed by atoms with Crippen LogP contribution in [-0.4, -0.2) is 19.1 Å². The van der Waals surface area contributed by atoms with E-state index < -0.39 is 12.0 Å². The Morgan fingerprint density at radius 3 is 2.84 bits per heavy atom. The van der Waals surface area contributed by atoms with Gasteiger partial charge in [-0.1, -0.05) is 22.9 Å². The molecule has 19 heavy (non-hydrogen) atoms. The van der Waals surface area contributed by atoms with Crippen LogP contribution >= 0.6 is 15.9 Å². The zero-order valence-electron chi connectivity index (χ0n) is 10.9. The summed E-state index contributed by atoms with van der Waals surface area (Å²) >= 11 is 3.48. The lowest BCUT2D eigenvalue weighted by molar-refractivity contribution is -0.142. The summed E-state index contributed by atoms with van der Waals surface area (Å²) in [7, 11) is 1.33. The van der Waals surface area contributed by atoms with Gasteiger partial charge in [-0.2, -0.15) is 0 Å². The summed E-state index contributed by atoms with van der Waals surface area (Å²) in [5, 5.41) is 1.01. The van der Waals surface area contributed by atoms with Crippen LogP contribution in [0, 0.1) is 0 Å². The minimum absolute atomic E-state index is 0.335. The van der Waals surface area contributed by atoms with E-state index in [4.69, 9.17) is 10.2 Å². The van der Waals surface area contributed by atoms with E-state index in [1.165, 1.54) is 7.11 Å². The SMILES string of the molecule is CCc1cc(Br)cc2cc(CC(N)C(=O)OC)oc12. The van der Waals surface area contributed by atoms with Gasteiger partial charge in [0.1, 0.15) is 17.4 Å². The maximum Gasteiger partial charge on any atom is 0.323 e. The van der Waals surface area contributed by atoms with Gasteiger partial charge >= 0.3 is 5.97 Å². The van der Waals surface area contributed by atoms with E-state index in [0.717, 1.165) is 27.4 Å². The molecule has 1 heterocycles.